The van der Waals surface area contributed by atoms with Crippen LogP contribution in [0.25, 0.3) is 0 Å². The van der Waals surface area contributed by atoms with Crippen molar-refractivity contribution in [3.05, 3.63) is 12.2 Å². The molecule has 2 fully saturated rings. The van der Waals surface area contributed by atoms with E-state index >= 15 is 0 Å². The molecule has 0 spiro atoms. The first-order valence-corrected chi connectivity index (χ1v) is 14.5. The van der Waals surface area contributed by atoms with Crippen LogP contribution in [0, 0.1) is 23.7 Å². The smallest absolute Gasteiger partial charge is 0.0476 e. The van der Waals surface area contributed by atoms with Crippen molar-refractivity contribution in [2.24, 2.45) is 23.7 Å². The number of hydrogen-bond donors (Lipinski definition) is 0. The van der Waals surface area contributed by atoms with Crippen LogP contribution < -0.4 is 0 Å². The Hall–Kier alpha value is 0.174. The van der Waals surface area contributed by atoms with Crippen molar-refractivity contribution in [1.29, 1.82) is 0 Å². The van der Waals surface area contributed by atoms with Gasteiger partial charge in [0.05, 0.1) is 0 Å². The average Bonchev–Trinajstić information content (AvgIpc) is 2.53. The van der Waals surface area contributed by atoms with Crippen LogP contribution >= 0.6 is 0 Å². The highest BCUT2D eigenvalue weighted by molar-refractivity contribution is 6.84. The minimum atomic E-state index is -0.969. The summed E-state index contributed by atoms with van der Waals surface area (Å²) in [6.45, 7) is 15.7. The molecule has 0 aromatic carbocycles. The molecule has 3 aliphatic carbocycles. The van der Waals surface area contributed by atoms with E-state index in [0.29, 0.717) is 0 Å². The molecule has 0 saturated heterocycles. The first-order valence-electron chi connectivity index (χ1n) is 7.39. The lowest BCUT2D eigenvalue weighted by atomic mass is 9.66. The van der Waals surface area contributed by atoms with Gasteiger partial charge in [-0.3, -0.25) is 0 Å². The largest absolute Gasteiger partial charge is 0.0848 e. The van der Waals surface area contributed by atoms with E-state index in [9.17, 15) is 0 Å². The van der Waals surface area contributed by atoms with Crippen LogP contribution in [0.3, 0.4) is 0 Å². The molecule has 0 N–H and O–H groups in total. The summed E-state index contributed by atoms with van der Waals surface area (Å²) < 4.78 is 0. The van der Waals surface area contributed by atoms with E-state index in [0.717, 1.165) is 34.8 Å². The summed E-state index contributed by atoms with van der Waals surface area (Å²) in [5.41, 5.74) is 2.28. The molecule has 0 heterocycles. The molecule has 96 valence electrons. The Balaban J connectivity index is 1.95. The number of hydrogen-bond acceptors (Lipinski definition) is 0. The first-order chi connectivity index (χ1) is 7.71. The molecule has 0 aromatic rings. The molecule has 2 heteroatoms. The molecule has 3 aliphatic rings. The van der Waals surface area contributed by atoms with Gasteiger partial charge in [-0.15, -0.1) is 0 Å². The maximum absolute atomic E-state index is 2.62. The van der Waals surface area contributed by atoms with Crippen molar-refractivity contribution >= 4 is 16.1 Å². The molecule has 17 heavy (non-hydrogen) atoms. The highest BCUT2D eigenvalue weighted by Gasteiger charge is 2.66. The average molecular weight is 265 g/mol. The van der Waals surface area contributed by atoms with Crippen LogP contribution in [0.1, 0.15) is 6.42 Å². The molecule has 0 amide bonds. The predicted molar refractivity (Wildman–Crippen MR) is 81.9 cm³/mol. The topological polar surface area (TPSA) is 0 Å². The first kappa shape index (κ1) is 12.2. The summed E-state index contributed by atoms with van der Waals surface area (Å²) in [6, 6.07) is 0. The normalized spacial score (nSPS) is 48.1. The van der Waals surface area contributed by atoms with Crippen LogP contribution in [-0.4, -0.2) is 16.1 Å². The zero-order valence-corrected chi connectivity index (χ0v) is 14.3. The van der Waals surface area contributed by atoms with E-state index in [4.69, 9.17) is 0 Å². The monoisotopic (exact) mass is 264 g/mol. The summed E-state index contributed by atoms with van der Waals surface area (Å²) in [4.78, 5) is 0. The maximum atomic E-state index is 2.62. The second kappa shape index (κ2) is 3.38. The van der Waals surface area contributed by atoms with E-state index in [2.05, 4.69) is 51.4 Å². The summed E-state index contributed by atoms with van der Waals surface area (Å²) in [6.07, 6.45) is 6.65. The van der Waals surface area contributed by atoms with Crippen molar-refractivity contribution in [2.45, 2.75) is 56.8 Å². The van der Waals surface area contributed by atoms with Crippen molar-refractivity contribution in [2.75, 3.05) is 0 Å². The highest BCUT2D eigenvalue weighted by atomic mass is 28.3. The molecule has 0 aromatic heterocycles. The Morgan fingerprint density at radius 3 is 1.35 bits per heavy atom. The second-order valence-electron chi connectivity index (χ2n) is 8.89. The lowest BCUT2D eigenvalue weighted by molar-refractivity contribution is 0.151. The molecule has 6 unspecified atom stereocenters. The summed E-state index contributed by atoms with van der Waals surface area (Å²) in [5, 5.41) is 0. The van der Waals surface area contributed by atoms with Crippen LogP contribution in [0.5, 0.6) is 0 Å². The van der Waals surface area contributed by atoms with Gasteiger partial charge < -0.3 is 0 Å². The van der Waals surface area contributed by atoms with Crippen molar-refractivity contribution in [1.82, 2.24) is 0 Å². The molecule has 2 saturated carbocycles. The molecule has 2 bridgehead atoms. The van der Waals surface area contributed by atoms with Gasteiger partial charge in [0.15, 0.2) is 0 Å². The third kappa shape index (κ3) is 1.59. The Morgan fingerprint density at radius 1 is 0.706 bits per heavy atom. The molecule has 0 nitrogen and oxygen atoms in total. The van der Waals surface area contributed by atoms with E-state index in [1.54, 1.807) is 0 Å². The maximum Gasteiger partial charge on any atom is 0.0476 e. The molecule has 0 radical (unpaired) electrons. The number of allylic oxidation sites excluding steroid dienone is 2. The van der Waals surface area contributed by atoms with E-state index in [1.165, 1.54) is 6.42 Å². The van der Waals surface area contributed by atoms with Crippen LogP contribution in [0.4, 0.5) is 0 Å². The Labute approximate surface area is 109 Å². The van der Waals surface area contributed by atoms with Crippen molar-refractivity contribution in [3.8, 4) is 0 Å². The van der Waals surface area contributed by atoms with E-state index < -0.39 is 16.1 Å². The fourth-order valence-electron chi connectivity index (χ4n) is 5.48. The zero-order chi connectivity index (χ0) is 12.6. The van der Waals surface area contributed by atoms with Crippen molar-refractivity contribution in [3.63, 3.8) is 0 Å². The second-order valence-corrected chi connectivity index (χ2v) is 19.7. The van der Waals surface area contributed by atoms with Gasteiger partial charge in [-0.1, -0.05) is 51.4 Å². The molecular formula is C15H28Si2. The van der Waals surface area contributed by atoms with Gasteiger partial charge in [0.1, 0.15) is 0 Å². The van der Waals surface area contributed by atoms with Gasteiger partial charge in [-0.05, 0) is 41.2 Å². The summed E-state index contributed by atoms with van der Waals surface area (Å²) in [7, 11) is -1.94. The summed E-state index contributed by atoms with van der Waals surface area (Å²) in [5.74, 6) is 4.17. The van der Waals surface area contributed by atoms with Gasteiger partial charge >= 0.3 is 0 Å². The highest BCUT2D eigenvalue weighted by Crippen LogP contribution is 2.73. The molecule has 6 atom stereocenters. The van der Waals surface area contributed by atoms with Crippen LogP contribution in [0.15, 0.2) is 12.2 Å². The van der Waals surface area contributed by atoms with Crippen LogP contribution in [0.2, 0.25) is 50.4 Å². The zero-order valence-electron chi connectivity index (χ0n) is 12.3. The minimum Gasteiger partial charge on any atom is -0.0848 e. The lowest BCUT2D eigenvalue weighted by Crippen LogP contribution is -2.58. The fourth-order valence-corrected chi connectivity index (χ4v) is 14.3. The lowest BCUT2D eigenvalue weighted by Gasteiger charge is -2.62. The fraction of sp³-hybridized carbons (Fsp3) is 0.867. The van der Waals surface area contributed by atoms with E-state index in [1.807, 2.05) is 0 Å². The van der Waals surface area contributed by atoms with Gasteiger partial charge in [-0.2, -0.15) is 0 Å². The Morgan fingerprint density at radius 2 is 1.06 bits per heavy atom. The van der Waals surface area contributed by atoms with Crippen molar-refractivity contribution < 1.29 is 0 Å². The quantitative estimate of drug-likeness (QED) is 0.494. The Kier molecular flexibility index (Phi) is 2.43. The summed E-state index contributed by atoms with van der Waals surface area (Å²) >= 11 is 0. The predicted octanol–water partition coefficient (Wildman–Crippen LogP) is 4.86. The third-order valence-electron chi connectivity index (χ3n) is 5.80. The Bertz CT molecular complexity index is 324. The van der Waals surface area contributed by atoms with Crippen LogP contribution in [-0.2, 0) is 0 Å². The van der Waals surface area contributed by atoms with Gasteiger partial charge in [0.25, 0.3) is 0 Å². The van der Waals surface area contributed by atoms with Gasteiger partial charge in [0, 0.05) is 16.1 Å². The standard InChI is InChI=1S/C15H28Si2/c1-16(2,3)14-12-10-7-8-11(9-10)13(12)15(14)17(4,5)6/h7-8,10-15H,9H2,1-6H3. The molecule has 0 aliphatic heterocycles. The number of rotatable bonds is 2. The number of fused-ring (bicyclic) bond motifs is 5. The van der Waals surface area contributed by atoms with E-state index in [-0.39, 0.29) is 0 Å². The van der Waals surface area contributed by atoms with Gasteiger partial charge in [0.2, 0.25) is 0 Å². The SMILES string of the molecule is C[Si](C)(C)C1C2C3C=CC(C3)C2C1[Si](C)(C)C. The third-order valence-corrected chi connectivity index (χ3v) is 11.6. The molecular weight excluding hydrogens is 236 g/mol. The van der Waals surface area contributed by atoms with Gasteiger partial charge in [-0.25, -0.2) is 0 Å². The molecule has 3 rings (SSSR count). The minimum absolute atomic E-state index is 0.969.